The molecule has 1 atom stereocenters. The molecule has 0 spiro atoms. The summed E-state index contributed by atoms with van der Waals surface area (Å²) in [7, 11) is 0. The number of piperidine rings is 1. The maximum Gasteiger partial charge on any atom is 0.257 e. The SMILES string of the molecule is CC1CCCCN1C(=O)CN1CCN(C(=O)c2cccnc2Cl)CC1. The number of aromatic nitrogens is 1. The Balaban J connectivity index is 1.51. The summed E-state index contributed by atoms with van der Waals surface area (Å²) in [5, 5.41) is 0.240. The molecule has 0 saturated carbocycles. The van der Waals surface area contributed by atoms with E-state index in [9.17, 15) is 9.59 Å². The predicted octanol–water partition coefficient (Wildman–Crippen LogP) is 1.89. The lowest BCUT2D eigenvalue weighted by Crippen LogP contribution is -2.53. The molecule has 0 radical (unpaired) electrons. The highest BCUT2D eigenvalue weighted by molar-refractivity contribution is 6.32. The van der Waals surface area contributed by atoms with E-state index in [-0.39, 0.29) is 17.0 Å². The first-order valence-corrected chi connectivity index (χ1v) is 9.35. The fraction of sp³-hybridized carbons (Fsp3) is 0.611. The number of carbonyl (C=O) groups excluding carboxylic acids is 2. The number of hydrogen-bond acceptors (Lipinski definition) is 4. The monoisotopic (exact) mass is 364 g/mol. The number of piperazine rings is 1. The van der Waals surface area contributed by atoms with E-state index in [4.69, 9.17) is 11.6 Å². The number of rotatable bonds is 3. The molecule has 3 rings (SSSR count). The van der Waals surface area contributed by atoms with Crippen molar-refractivity contribution in [2.45, 2.75) is 32.2 Å². The zero-order valence-corrected chi connectivity index (χ0v) is 15.4. The molecule has 2 fully saturated rings. The van der Waals surface area contributed by atoms with E-state index in [1.165, 1.54) is 6.42 Å². The summed E-state index contributed by atoms with van der Waals surface area (Å²) in [5.74, 6) is 0.121. The van der Waals surface area contributed by atoms with E-state index in [1.807, 2.05) is 4.90 Å². The minimum absolute atomic E-state index is 0.0891. The van der Waals surface area contributed by atoms with Crippen LogP contribution in [0.15, 0.2) is 18.3 Å². The largest absolute Gasteiger partial charge is 0.339 e. The van der Waals surface area contributed by atoms with Crippen LogP contribution < -0.4 is 0 Å². The minimum atomic E-state index is -0.0891. The molecule has 2 aliphatic heterocycles. The molecule has 2 aliphatic rings. The van der Waals surface area contributed by atoms with Crippen molar-refractivity contribution in [1.29, 1.82) is 0 Å². The van der Waals surface area contributed by atoms with E-state index in [2.05, 4.69) is 16.8 Å². The van der Waals surface area contributed by atoms with Gasteiger partial charge in [0.15, 0.2) is 0 Å². The first kappa shape index (κ1) is 18.1. The third-order valence-corrected chi connectivity index (χ3v) is 5.43. The fourth-order valence-electron chi connectivity index (χ4n) is 3.58. The van der Waals surface area contributed by atoms with Gasteiger partial charge >= 0.3 is 0 Å². The molecular formula is C18H25ClN4O2. The van der Waals surface area contributed by atoms with E-state index in [0.29, 0.717) is 44.3 Å². The quantitative estimate of drug-likeness (QED) is 0.769. The fourth-order valence-corrected chi connectivity index (χ4v) is 3.78. The molecule has 0 N–H and O–H groups in total. The van der Waals surface area contributed by atoms with Crippen molar-refractivity contribution >= 4 is 23.4 Å². The Morgan fingerprint density at radius 3 is 2.64 bits per heavy atom. The van der Waals surface area contributed by atoms with Crippen LogP contribution in [0.2, 0.25) is 5.15 Å². The van der Waals surface area contributed by atoms with Gasteiger partial charge in [-0.25, -0.2) is 4.98 Å². The summed E-state index contributed by atoms with van der Waals surface area (Å²) >= 11 is 6.02. The highest BCUT2D eigenvalue weighted by Gasteiger charge is 2.28. The minimum Gasteiger partial charge on any atom is -0.339 e. The molecule has 3 heterocycles. The number of carbonyl (C=O) groups is 2. The average molecular weight is 365 g/mol. The van der Waals surface area contributed by atoms with Gasteiger partial charge in [-0.1, -0.05) is 11.6 Å². The Bertz CT molecular complexity index is 631. The molecule has 6 nitrogen and oxygen atoms in total. The Morgan fingerprint density at radius 2 is 1.96 bits per heavy atom. The van der Waals surface area contributed by atoms with Crippen molar-refractivity contribution in [2.24, 2.45) is 0 Å². The van der Waals surface area contributed by atoms with E-state index in [1.54, 1.807) is 23.2 Å². The van der Waals surface area contributed by atoms with Crippen molar-refractivity contribution in [3.8, 4) is 0 Å². The molecule has 25 heavy (non-hydrogen) atoms. The van der Waals surface area contributed by atoms with Gasteiger partial charge in [-0.3, -0.25) is 14.5 Å². The molecule has 7 heteroatoms. The summed E-state index contributed by atoms with van der Waals surface area (Å²) in [6.07, 6.45) is 4.98. The van der Waals surface area contributed by atoms with Gasteiger partial charge in [-0.15, -0.1) is 0 Å². The van der Waals surface area contributed by atoms with E-state index in [0.717, 1.165) is 19.4 Å². The highest BCUT2D eigenvalue weighted by atomic mass is 35.5. The molecule has 1 aromatic heterocycles. The van der Waals surface area contributed by atoms with Crippen LogP contribution in [0.25, 0.3) is 0 Å². The first-order chi connectivity index (χ1) is 12.1. The lowest BCUT2D eigenvalue weighted by Gasteiger charge is -2.38. The Hall–Kier alpha value is -1.66. The van der Waals surface area contributed by atoms with Gasteiger partial charge in [0.2, 0.25) is 5.91 Å². The van der Waals surface area contributed by atoms with Gasteiger partial charge in [-0.05, 0) is 38.3 Å². The maximum absolute atomic E-state index is 12.5. The van der Waals surface area contributed by atoms with Crippen LogP contribution >= 0.6 is 11.6 Å². The number of pyridine rings is 1. The zero-order chi connectivity index (χ0) is 17.8. The molecule has 1 aromatic rings. The van der Waals surface area contributed by atoms with Gasteiger partial charge in [0.1, 0.15) is 5.15 Å². The van der Waals surface area contributed by atoms with Crippen LogP contribution in [0.3, 0.4) is 0 Å². The molecule has 1 unspecified atom stereocenters. The maximum atomic E-state index is 12.5. The van der Waals surface area contributed by atoms with Crippen LogP contribution in [0.1, 0.15) is 36.5 Å². The molecule has 2 saturated heterocycles. The van der Waals surface area contributed by atoms with Crippen molar-refractivity contribution in [3.63, 3.8) is 0 Å². The third-order valence-electron chi connectivity index (χ3n) is 5.13. The average Bonchev–Trinajstić information content (AvgIpc) is 2.62. The smallest absolute Gasteiger partial charge is 0.257 e. The summed E-state index contributed by atoms with van der Waals surface area (Å²) in [6, 6.07) is 3.76. The highest BCUT2D eigenvalue weighted by Crippen LogP contribution is 2.18. The van der Waals surface area contributed by atoms with Crippen LogP contribution in [0, 0.1) is 0 Å². The standard InChI is InChI=1S/C18H25ClN4O2/c1-14-5-2-3-8-23(14)16(24)13-21-9-11-22(12-10-21)18(25)15-6-4-7-20-17(15)19/h4,6-7,14H,2-3,5,8-13H2,1H3. The number of amides is 2. The number of halogens is 1. The van der Waals surface area contributed by atoms with Gasteiger partial charge in [0.25, 0.3) is 5.91 Å². The van der Waals surface area contributed by atoms with Gasteiger partial charge < -0.3 is 9.80 Å². The number of likely N-dealkylation sites (tertiary alicyclic amines) is 1. The van der Waals surface area contributed by atoms with Gasteiger partial charge in [0, 0.05) is 45.0 Å². The summed E-state index contributed by atoms with van der Waals surface area (Å²) in [5.41, 5.74) is 0.441. The third kappa shape index (κ3) is 4.30. The zero-order valence-electron chi connectivity index (χ0n) is 14.7. The second kappa shape index (κ2) is 8.15. The van der Waals surface area contributed by atoms with E-state index < -0.39 is 0 Å². The number of nitrogens with zero attached hydrogens (tertiary/aromatic N) is 4. The second-order valence-electron chi connectivity index (χ2n) is 6.84. The summed E-state index contributed by atoms with van der Waals surface area (Å²) in [4.78, 5) is 35.0. The van der Waals surface area contributed by atoms with Crippen LogP contribution in [-0.2, 0) is 4.79 Å². The van der Waals surface area contributed by atoms with Crippen LogP contribution in [0.5, 0.6) is 0 Å². The molecule has 0 aromatic carbocycles. The number of hydrogen-bond donors (Lipinski definition) is 0. The van der Waals surface area contributed by atoms with E-state index >= 15 is 0 Å². The summed E-state index contributed by atoms with van der Waals surface area (Å²) in [6.45, 7) is 6.07. The van der Waals surface area contributed by atoms with Gasteiger partial charge in [-0.2, -0.15) is 0 Å². The second-order valence-corrected chi connectivity index (χ2v) is 7.20. The van der Waals surface area contributed by atoms with Crippen LogP contribution in [0.4, 0.5) is 0 Å². The first-order valence-electron chi connectivity index (χ1n) is 8.98. The normalized spacial score (nSPS) is 22.1. The van der Waals surface area contributed by atoms with Crippen LogP contribution in [-0.4, -0.2) is 76.8 Å². The predicted molar refractivity (Wildman–Crippen MR) is 96.6 cm³/mol. The topological polar surface area (TPSA) is 56.8 Å². The Labute approximate surface area is 153 Å². The molecule has 0 bridgehead atoms. The molecular weight excluding hydrogens is 340 g/mol. The molecule has 0 aliphatic carbocycles. The van der Waals surface area contributed by atoms with Crippen molar-refractivity contribution in [1.82, 2.24) is 19.7 Å². The van der Waals surface area contributed by atoms with Crippen molar-refractivity contribution < 1.29 is 9.59 Å². The van der Waals surface area contributed by atoms with Gasteiger partial charge in [0.05, 0.1) is 12.1 Å². The molecule has 2 amide bonds. The Kier molecular flexibility index (Phi) is 5.91. The van der Waals surface area contributed by atoms with Crippen molar-refractivity contribution in [3.05, 3.63) is 29.0 Å². The molecule has 136 valence electrons. The Morgan fingerprint density at radius 1 is 1.20 bits per heavy atom. The lowest BCUT2D eigenvalue weighted by atomic mass is 10.0. The summed E-state index contributed by atoms with van der Waals surface area (Å²) < 4.78 is 0. The van der Waals surface area contributed by atoms with Crippen molar-refractivity contribution in [2.75, 3.05) is 39.3 Å². The lowest BCUT2D eigenvalue weighted by molar-refractivity contribution is -0.136.